The highest BCUT2D eigenvalue weighted by Gasteiger charge is 2.22. The van der Waals surface area contributed by atoms with Crippen molar-refractivity contribution in [3.05, 3.63) is 146 Å². The molecule has 0 heterocycles. The fourth-order valence-electron chi connectivity index (χ4n) is 11.2. The number of carbonyl (C=O) groups excluding carboxylic acids is 2. The molecule has 0 fully saturated rings. The molecule has 0 radical (unpaired) electrons. The van der Waals surface area contributed by atoms with Crippen LogP contribution in [0.3, 0.4) is 0 Å². The average Bonchev–Trinajstić information content (AvgIpc) is 1.08. The second-order valence-corrected chi connectivity index (χ2v) is 29.5. The summed E-state index contributed by atoms with van der Waals surface area (Å²) in [7, 11) is 1.15. The van der Waals surface area contributed by atoms with Gasteiger partial charge in [0.1, 0.15) is 19.8 Å². The molecule has 0 saturated carbocycles. The van der Waals surface area contributed by atoms with Crippen molar-refractivity contribution in [3.63, 3.8) is 0 Å². The number of nitrogens with zero attached hydrogens (tertiary/aromatic N) is 1. The van der Waals surface area contributed by atoms with E-state index in [1.807, 2.05) is 21.1 Å². The lowest BCUT2D eigenvalue weighted by Crippen LogP contribution is -2.37. The van der Waals surface area contributed by atoms with Crippen molar-refractivity contribution in [3.8, 4) is 0 Å². The molecule has 0 N–H and O–H groups in total. The fraction of sp³-hybridized carbons (Fsp3) is 0.705. The molecular weight excluding hydrogens is 1230 g/mol. The van der Waals surface area contributed by atoms with Crippen molar-refractivity contribution in [2.24, 2.45) is 0 Å². The third-order valence-electron chi connectivity index (χ3n) is 17.3. The predicted octanol–water partition coefficient (Wildman–Crippen LogP) is 26.6. The minimum atomic E-state index is -4.66. The van der Waals surface area contributed by atoms with Gasteiger partial charge in [0.2, 0.25) is 0 Å². The molecule has 0 amide bonds. The van der Waals surface area contributed by atoms with Crippen molar-refractivity contribution in [1.29, 1.82) is 0 Å². The number of carbonyl (C=O) groups is 2. The molecule has 0 aromatic rings. The summed E-state index contributed by atoms with van der Waals surface area (Å²) < 4.78 is 34.4. The topological polar surface area (TPSA) is 111 Å². The second-order valence-electron chi connectivity index (χ2n) is 28.0. The molecule has 562 valence electrons. The molecular formula is C88H152NO8P. The van der Waals surface area contributed by atoms with Crippen molar-refractivity contribution in [2.75, 3.05) is 47.5 Å². The van der Waals surface area contributed by atoms with Crippen molar-refractivity contribution in [1.82, 2.24) is 0 Å². The Kier molecular flexibility index (Phi) is 73.8. The third-order valence-corrected chi connectivity index (χ3v) is 18.3. The number of quaternary nitrogens is 1. The van der Waals surface area contributed by atoms with Crippen LogP contribution in [-0.4, -0.2) is 70.0 Å². The number of unbranched alkanes of at least 4 members (excludes halogenated alkanes) is 36. The zero-order chi connectivity index (χ0) is 71.1. The van der Waals surface area contributed by atoms with E-state index in [-0.39, 0.29) is 32.0 Å². The molecule has 0 aliphatic rings. The summed E-state index contributed by atoms with van der Waals surface area (Å²) in [5.41, 5.74) is 0. The minimum absolute atomic E-state index is 0.0385. The van der Waals surface area contributed by atoms with Gasteiger partial charge in [0, 0.05) is 12.8 Å². The van der Waals surface area contributed by atoms with Gasteiger partial charge in [-0.3, -0.25) is 14.2 Å². The first-order valence-corrected chi connectivity index (χ1v) is 42.0. The van der Waals surface area contributed by atoms with E-state index in [0.29, 0.717) is 17.4 Å². The minimum Gasteiger partial charge on any atom is -0.756 e. The zero-order valence-electron chi connectivity index (χ0n) is 64.2. The van der Waals surface area contributed by atoms with Crippen LogP contribution in [0.5, 0.6) is 0 Å². The monoisotopic (exact) mass is 1380 g/mol. The lowest BCUT2D eigenvalue weighted by atomic mass is 10.0. The number of ether oxygens (including phenoxy) is 2. The summed E-state index contributed by atoms with van der Waals surface area (Å²) in [5, 5.41) is 0. The first-order chi connectivity index (χ1) is 48.0. The number of hydrogen-bond donors (Lipinski definition) is 0. The van der Waals surface area contributed by atoms with Crippen LogP contribution in [0.4, 0.5) is 0 Å². The summed E-state index contributed by atoms with van der Waals surface area (Å²) in [4.78, 5) is 38.2. The van der Waals surface area contributed by atoms with E-state index in [0.717, 1.165) is 122 Å². The number of likely N-dealkylation sites (N-methyl/N-ethyl adjacent to an activating group) is 1. The maximum atomic E-state index is 12.9. The van der Waals surface area contributed by atoms with Crippen LogP contribution in [0, 0.1) is 0 Å². The highest BCUT2D eigenvalue weighted by atomic mass is 31.2. The molecule has 0 aromatic heterocycles. The largest absolute Gasteiger partial charge is 0.756 e. The fourth-order valence-corrected chi connectivity index (χ4v) is 11.9. The summed E-state index contributed by atoms with van der Waals surface area (Å²) in [6.07, 6.45) is 114. The Morgan fingerprint density at radius 1 is 0.327 bits per heavy atom. The zero-order valence-corrected chi connectivity index (χ0v) is 65.1. The molecule has 0 aliphatic carbocycles. The van der Waals surface area contributed by atoms with E-state index in [9.17, 15) is 19.0 Å². The molecule has 0 spiro atoms. The van der Waals surface area contributed by atoms with Gasteiger partial charge < -0.3 is 27.9 Å². The van der Waals surface area contributed by atoms with Crippen LogP contribution < -0.4 is 4.89 Å². The molecule has 0 rings (SSSR count). The van der Waals surface area contributed by atoms with Crippen LogP contribution in [-0.2, 0) is 32.7 Å². The van der Waals surface area contributed by atoms with Gasteiger partial charge in [0.05, 0.1) is 27.7 Å². The Morgan fingerprint density at radius 2 is 0.582 bits per heavy atom. The molecule has 98 heavy (non-hydrogen) atoms. The van der Waals surface area contributed by atoms with Crippen molar-refractivity contribution < 1.29 is 42.1 Å². The Hall–Kier alpha value is -4.11. The summed E-state index contributed by atoms with van der Waals surface area (Å²) >= 11 is 0. The summed E-state index contributed by atoms with van der Waals surface area (Å²) in [6, 6.07) is 0. The Labute approximate surface area is 605 Å². The van der Waals surface area contributed by atoms with Crippen LogP contribution in [0.15, 0.2) is 146 Å². The predicted molar refractivity (Wildman–Crippen MR) is 424 cm³/mol. The van der Waals surface area contributed by atoms with Gasteiger partial charge in [-0.2, -0.15) is 0 Å². The Bertz CT molecular complexity index is 2170. The lowest BCUT2D eigenvalue weighted by molar-refractivity contribution is -0.870. The first-order valence-electron chi connectivity index (χ1n) is 40.5. The SMILES string of the molecule is CC/C=C\C/C=C\C/C=C\C/C=C\C/C=C\C/C=C\C/C=C\C/C=C\C/C=C\CCCCCCCCCC(=O)OC(COC(=O)CCCCCCCCCCCCCCCCCCCCCCCCCC/C=C\C/C=C\C/C=C\CCCCCCC)COP(=O)([O-])OCC[N+](C)(C)C. The molecule has 2 unspecified atom stereocenters. The summed E-state index contributed by atoms with van der Waals surface area (Å²) in [5.74, 6) is -0.842. The average molecular weight is 1380 g/mol. The van der Waals surface area contributed by atoms with Crippen LogP contribution in [0.25, 0.3) is 0 Å². The number of esters is 2. The van der Waals surface area contributed by atoms with Gasteiger partial charge >= 0.3 is 11.9 Å². The number of allylic oxidation sites excluding steroid dienone is 24. The van der Waals surface area contributed by atoms with E-state index >= 15 is 0 Å². The molecule has 9 nitrogen and oxygen atoms in total. The van der Waals surface area contributed by atoms with Gasteiger partial charge in [0.15, 0.2) is 6.10 Å². The highest BCUT2D eigenvalue weighted by Crippen LogP contribution is 2.38. The maximum absolute atomic E-state index is 12.9. The van der Waals surface area contributed by atoms with E-state index < -0.39 is 26.5 Å². The molecule has 10 heteroatoms. The highest BCUT2D eigenvalue weighted by molar-refractivity contribution is 7.45. The van der Waals surface area contributed by atoms with Crippen molar-refractivity contribution >= 4 is 19.8 Å². The second kappa shape index (κ2) is 77.1. The number of hydrogen-bond acceptors (Lipinski definition) is 8. The third kappa shape index (κ3) is 80.9. The Morgan fingerprint density at radius 3 is 0.867 bits per heavy atom. The molecule has 0 saturated heterocycles. The number of phosphoric acid groups is 1. The maximum Gasteiger partial charge on any atom is 0.306 e. The Balaban J connectivity index is 4.01. The van der Waals surface area contributed by atoms with Gasteiger partial charge in [-0.15, -0.1) is 0 Å². The van der Waals surface area contributed by atoms with Gasteiger partial charge in [0.25, 0.3) is 7.82 Å². The quantitative estimate of drug-likeness (QED) is 0.0195. The normalized spacial score (nSPS) is 13.8. The summed E-state index contributed by atoms with van der Waals surface area (Å²) in [6.45, 7) is 4.12. The van der Waals surface area contributed by atoms with Crippen LogP contribution >= 0.6 is 7.82 Å². The van der Waals surface area contributed by atoms with Crippen molar-refractivity contribution in [2.45, 2.75) is 354 Å². The van der Waals surface area contributed by atoms with E-state index in [1.54, 1.807) is 0 Å². The van der Waals surface area contributed by atoms with Gasteiger partial charge in [-0.25, -0.2) is 0 Å². The molecule has 2 atom stereocenters. The molecule has 0 bridgehead atoms. The molecule has 0 aliphatic heterocycles. The van der Waals surface area contributed by atoms with Gasteiger partial charge in [-0.05, 0) is 122 Å². The van der Waals surface area contributed by atoms with E-state index in [1.165, 1.54) is 193 Å². The van der Waals surface area contributed by atoms with E-state index in [2.05, 4.69) is 160 Å². The van der Waals surface area contributed by atoms with Gasteiger partial charge in [-0.1, -0.05) is 359 Å². The number of rotatable bonds is 74. The molecule has 0 aromatic carbocycles. The van der Waals surface area contributed by atoms with Crippen LogP contribution in [0.1, 0.15) is 348 Å². The van der Waals surface area contributed by atoms with E-state index in [4.69, 9.17) is 18.5 Å². The smallest absolute Gasteiger partial charge is 0.306 e. The first kappa shape index (κ1) is 93.9. The standard InChI is InChI=1S/C88H152NO8P/c1-6-8-10-12-14-16-18-20-22-24-26-28-30-32-34-36-38-40-42-43-44-45-47-48-50-52-54-56-58-60-62-64-66-68-70-72-74-76-78-80-87(90)94-84-86(85-96-98(92,93)95-83-82-89(3,4)5)97-88(91)81-79-77-75-73-71-69-67-65-63-61-59-57-55-53-51-49-46-41-39-37-35-33-31-29-27-25-23-21-19-17-15-13-11-9-7-2/h9,11,15,17-18,20-21,23-24,26-27,29-30,32-33,35,39,41,49,51,55,57,61,63,86H,6-8,10,12-14,16,19,22,25,28,31,34,36-38,40,42-48,50,52-54,56,58-60,62,64-85H2,1-5H3/b11-9-,17-15-,20-18-,23-21-,26-24-,29-27-,32-30-,35-33-,41-39-,51-49-,57-55-,63-61-. The number of phosphoric ester groups is 1. The lowest BCUT2D eigenvalue weighted by Gasteiger charge is -2.28. The van der Waals surface area contributed by atoms with Crippen LogP contribution in [0.2, 0.25) is 0 Å².